The Balaban J connectivity index is 0.000000305. The number of alkyl halides is 3. The first-order valence-corrected chi connectivity index (χ1v) is 9.67. The normalized spacial score (nSPS) is 11.6. The molecule has 11 heteroatoms. The second-order valence-corrected chi connectivity index (χ2v) is 6.17. The van der Waals surface area contributed by atoms with Gasteiger partial charge in [-0.1, -0.05) is 27.7 Å². The molecule has 0 aliphatic carbocycles. The maximum absolute atomic E-state index is 13.0. The van der Waals surface area contributed by atoms with Crippen molar-refractivity contribution in [1.29, 1.82) is 0 Å². The number of nitrogens with zero attached hydrogens (tertiary/aromatic N) is 3. The van der Waals surface area contributed by atoms with E-state index in [-0.39, 0.29) is 11.7 Å². The minimum Gasteiger partial charge on any atom is -0.381 e. The molecule has 0 saturated heterocycles. The number of amides is 1. The van der Waals surface area contributed by atoms with Gasteiger partial charge in [-0.3, -0.25) is 4.79 Å². The van der Waals surface area contributed by atoms with Crippen LogP contribution in [0.1, 0.15) is 34.1 Å². The maximum atomic E-state index is 13.0. The Morgan fingerprint density at radius 2 is 1.97 bits per heavy atom. The number of carbonyl (C=O) groups is 1. The van der Waals surface area contributed by atoms with Crippen LogP contribution in [0.3, 0.4) is 0 Å². The zero-order chi connectivity index (χ0) is 23.6. The number of nitrogen functional groups attached to an aromatic ring is 1. The lowest BCUT2D eigenvalue weighted by molar-refractivity contribution is -0.140. The molecule has 3 aromatic rings. The first-order valence-electron chi connectivity index (χ1n) is 9.67. The summed E-state index contributed by atoms with van der Waals surface area (Å²) in [7, 11) is 0. The van der Waals surface area contributed by atoms with Crippen molar-refractivity contribution in [2.45, 2.75) is 40.3 Å². The van der Waals surface area contributed by atoms with E-state index < -0.39 is 24.4 Å². The van der Waals surface area contributed by atoms with E-state index in [1.807, 2.05) is 31.3 Å². The monoisotopic (exact) mass is 442 g/mol. The summed E-state index contributed by atoms with van der Waals surface area (Å²) in [5.41, 5.74) is 6.90. The predicted octanol–water partition coefficient (Wildman–Crippen LogP) is 4.48. The Labute approximate surface area is 177 Å². The van der Waals surface area contributed by atoms with Gasteiger partial charge in [0.1, 0.15) is 12.2 Å². The Morgan fingerprint density at radius 1 is 1.29 bits per heavy atom. The number of fused-ring (bicyclic) bond motifs is 1. The van der Waals surface area contributed by atoms with Crippen LogP contribution in [0.15, 0.2) is 30.7 Å². The molecule has 0 aromatic carbocycles. The molecule has 4 N–H and O–H groups in total. The number of halogens is 4. The molecule has 7 nitrogen and oxygen atoms in total. The average molecular weight is 442 g/mol. The Bertz CT molecular complexity index is 974. The molecule has 3 rings (SSSR count). The molecule has 1 amide bonds. The molecule has 170 valence electrons. The van der Waals surface area contributed by atoms with Gasteiger partial charge in [-0.2, -0.15) is 13.2 Å². The van der Waals surface area contributed by atoms with Crippen molar-refractivity contribution in [3.8, 4) is 11.4 Å². The fraction of sp³-hybridized carbons (Fsp3) is 0.400. The molecule has 0 aliphatic heterocycles. The standard InChI is InChI=1S/C11H8FN5.C7H12F3NO.C2H6/c12-8-5-16-11(17-9(8)13)7-4-15-10-6(7)2-1-3-14-10;1-3-5(2)6(12)11-4-7(8,9)10;1-2/h1-5H,(H,14,15)(H2,13,16,17);5H,3-4H2,1-2H3,(H,11,12);1-2H3. The zero-order valence-electron chi connectivity index (χ0n) is 17.7. The van der Waals surface area contributed by atoms with Gasteiger partial charge < -0.3 is 16.0 Å². The van der Waals surface area contributed by atoms with E-state index in [9.17, 15) is 22.4 Å². The molecule has 1 atom stereocenters. The van der Waals surface area contributed by atoms with E-state index >= 15 is 0 Å². The van der Waals surface area contributed by atoms with Gasteiger partial charge in [0.05, 0.1) is 6.20 Å². The molecular formula is C20H26F4N6O. The molecule has 1 unspecified atom stereocenters. The largest absolute Gasteiger partial charge is 0.405 e. The number of hydrogen-bond acceptors (Lipinski definition) is 5. The number of pyridine rings is 1. The lowest BCUT2D eigenvalue weighted by atomic mass is 10.1. The van der Waals surface area contributed by atoms with E-state index in [4.69, 9.17) is 5.73 Å². The fourth-order valence-corrected chi connectivity index (χ4v) is 2.20. The number of aromatic nitrogens is 4. The summed E-state index contributed by atoms with van der Waals surface area (Å²) in [6.45, 7) is 6.10. The van der Waals surface area contributed by atoms with Crippen LogP contribution in [0, 0.1) is 11.7 Å². The first-order chi connectivity index (χ1) is 14.6. The molecule has 3 aromatic heterocycles. The van der Waals surface area contributed by atoms with E-state index in [1.165, 1.54) is 0 Å². The summed E-state index contributed by atoms with van der Waals surface area (Å²) >= 11 is 0. The van der Waals surface area contributed by atoms with Gasteiger partial charge in [-0.15, -0.1) is 0 Å². The zero-order valence-corrected chi connectivity index (χ0v) is 17.7. The van der Waals surface area contributed by atoms with Gasteiger partial charge in [0.15, 0.2) is 17.5 Å². The molecule has 0 saturated carbocycles. The Kier molecular flexibility index (Phi) is 9.84. The van der Waals surface area contributed by atoms with Crippen LogP contribution in [0.5, 0.6) is 0 Å². The lowest BCUT2D eigenvalue weighted by Gasteiger charge is -2.11. The van der Waals surface area contributed by atoms with Crippen molar-refractivity contribution in [3.05, 3.63) is 36.5 Å². The molecule has 0 fully saturated rings. The van der Waals surface area contributed by atoms with Gasteiger partial charge in [0.2, 0.25) is 5.91 Å². The third-order valence-electron chi connectivity index (χ3n) is 3.99. The van der Waals surface area contributed by atoms with Gasteiger partial charge in [-0.05, 0) is 18.6 Å². The fourth-order valence-electron chi connectivity index (χ4n) is 2.20. The topological polar surface area (TPSA) is 110 Å². The van der Waals surface area contributed by atoms with E-state index in [0.29, 0.717) is 12.2 Å². The third-order valence-corrected chi connectivity index (χ3v) is 3.99. The number of hydrogen-bond donors (Lipinski definition) is 3. The van der Waals surface area contributed by atoms with E-state index in [1.54, 1.807) is 26.2 Å². The summed E-state index contributed by atoms with van der Waals surface area (Å²) in [6.07, 6.45) is 0.701. The van der Waals surface area contributed by atoms with Crippen molar-refractivity contribution >= 4 is 22.8 Å². The molecule has 0 spiro atoms. The third kappa shape index (κ3) is 7.83. The molecule has 3 heterocycles. The lowest BCUT2D eigenvalue weighted by Crippen LogP contribution is -2.36. The van der Waals surface area contributed by atoms with Crippen molar-refractivity contribution in [1.82, 2.24) is 25.3 Å². The maximum Gasteiger partial charge on any atom is 0.405 e. The summed E-state index contributed by atoms with van der Waals surface area (Å²) in [5, 5.41) is 2.68. The quantitative estimate of drug-likeness (QED) is 0.516. The van der Waals surface area contributed by atoms with Gasteiger partial charge in [0, 0.05) is 29.3 Å². The summed E-state index contributed by atoms with van der Waals surface area (Å²) in [4.78, 5) is 25.8. The number of H-pyrrole nitrogens is 1. The van der Waals surface area contributed by atoms with Crippen molar-refractivity contribution in [3.63, 3.8) is 0 Å². The van der Waals surface area contributed by atoms with E-state index in [2.05, 4.69) is 19.9 Å². The van der Waals surface area contributed by atoms with Crippen molar-refractivity contribution in [2.24, 2.45) is 5.92 Å². The number of aromatic amines is 1. The Hall–Kier alpha value is -3.24. The molecule has 0 radical (unpaired) electrons. The second kappa shape index (κ2) is 11.8. The summed E-state index contributed by atoms with van der Waals surface area (Å²) < 4.78 is 47.7. The van der Waals surface area contributed by atoms with Crippen LogP contribution >= 0.6 is 0 Å². The van der Waals surface area contributed by atoms with Crippen LogP contribution in [0.25, 0.3) is 22.4 Å². The second-order valence-electron chi connectivity index (χ2n) is 6.17. The minimum atomic E-state index is -4.32. The highest BCUT2D eigenvalue weighted by Crippen LogP contribution is 2.25. The van der Waals surface area contributed by atoms with Crippen LogP contribution < -0.4 is 11.1 Å². The first kappa shape index (κ1) is 25.8. The number of anilines is 1. The average Bonchev–Trinajstić information content (AvgIpc) is 3.19. The number of nitrogens with one attached hydrogen (secondary N) is 2. The van der Waals surface area contributed by atoms with Gasteiger partial charge in [0.25, 0.3) is 0 Å². The molecule has 0 bridgehead atoms. The smallest absolute Gasteiger partial charge is 0.381 e. The molecule has 0 aliphatic rings. The van der Waals surface area contributed by atoms with Crippen LogP contribution in [-0.4, -0.2) is 38.6 Å². The van der Waals surface area contributed by atoms with Crippen LogP contribution in [-0.2, 0) is 4.79 Å². The number of rotatable bonds is 4. The van der Waals surface area contributed by atoms with Gasteiger partial charge in [-0.25, -0.2) is 19.3 Å². The van der Waals surface area contributed by atoms with Gasteiger partial charge >= 0.3 is 6.18 Å². The summed E-state index contributed by atoms with van der Waals surface area (Å²) in [6, 6.07) is 3.70. The van der Waals surface area contributed by atoms with E-state index in [0.717, 1.165) is 22.8 Å². The Morgan fingerprint density at radius 3 is 2.55 bits per heavy atom. The molecular weight excluding hydrogens is 416 g/mol. The van der Waals surface area contributed by atoms with Crippen LogP contribution in [0.2, 0.25) is 0 Å². The summed E-state index contributed by atoms with van der Waals surface area (Å²) in [5.74, 6) is -1.30. The van der Waals surface area contributed by atoms with Crippen LogP contribution in [0.4, 0.5) is 23.4 Å². The van der Waals surface area contributed by atoms with Crippen molar-refractivity contribution in [2.75, 3.05) is 12.3 Å². The SMILES string of the molecule is CC.CCC(C)C(=O)NCC(F)(F)F.Nc1nc(-c2c[nH]c3ncccc23)ncc1F. The minimum absolute atomic E-state index is 0.159. The highest BCUT2D eigenvalue weighted by atomic mass is 19.4. The number of nitrogens with two attached hydrogens (primary N) is 1. The predicted molar refractivity (Wildman–Crippen MR) is 111 cm³/mol. The molecule has 31 heavy (non-hydrogen) atoms. The van der Waals surface area contributed by atoms with Crippen molar-refractivity contribution < 1.29 is 22.4 Å². The highest BCUT2D eigenvalue weighted by molar-refractivity contribution is 5.91. The number of carbonyl (C=O) groups excluding carboxylic acids is 1. The highest BCUT2D eigenvalue weighted by Gasteiger charge is 2.28.